The molecule has 0 heterocycles. The van der Waals surface area contributed by atoms with Crippen LogP contribution in [0.4, 0.5) is 0 Å². The van der Waals surface area contributed by atoms with Gasteiger partial charge in [-0.05, 0) is 24.3 Å². The number of phenols is 2. The van der Waals surface area contributed by atoms with E-state index in [0.717, 1.165) is 6.07 Å². The molecule has 0 atom stereocenters. The third kappa shape index (κ3) is 3.87. The third-order valence-electron chi connectivity index (χ3n) is 2.56. The van der Waals surface area contributed by atoms with Crippen LogP contribution in [0.25, 0.3) is 0 Å². The van der Waals surface area contributed by atoms with Crippen LogP contribution in [-0.2, 0) is 0 Å². The van der Waals surface area contributed by atoms with Crippen LogP contribution in [0.3, 0.4) is 0 Å². The number of hydrogen-bond donors (Lipinski definition) is 3. The molecule has 1 amide bonds. The molecule has 0 radical (unpaired) electrons. The molecule has 0 aliphatic carbocycles. The van der Waals surface area contributed by atoms with Gasteiger partial charge in [-0.1, -0.05) is 29.3 Å². The number of carbonyl (C=O) groups excluding carboxylic acids is 1. The minimum Gasteiger partial charge on any atom is -0.508 e. The molecule has 0 bridgehead atoms. The highest BCUT2D eigenvalue weighted by Crippen LogP contribution is 2.22. The number of nitrogens with zero attached hydrogens (tertiary/aromatic N) is 1. The summed E-state index contributed by atoms with van der Waals surface area (Å²) in [5.74, 6) is -1.10. The summed E-state index contributed by atoms with van der Waals surface area (Å²) < 4.78 is 0. The molecule has 2 aromatic rings. The predicted molar refractivity (Wildman–Crippen MR) is 81.3 cm³/mol. The van der Waals surface area contributed by atoms with E-state index in [-0.39, 0.29) is 17.1 Å². The first-order valence-corrected chi connectivity index (χ1v) is 6.53. The minimum absolute atomic E-state index is 0.00727. The van der Waals surface area contributed by atoms with Gasteiger partial charge in [0.15, 0.2) is 0 Å². The molecule has 7 heteroatoms. The fourth-order valence-electron chi connectivity index (χ4n) is 1.54. The van der Waals surface area contributed by atoms with Crippen LogP contribution in [0, 0.1) is 0 Å². The minimum atomic E-state index is -0.617. The first-order valence-electron chi connectivity index (χ1n) is 5.78. The fourth-order valence-corrected chi connectivity index (χ4v) is 2.00. The lowest BCUT2D eigenvalue weighted by atomic mass is 10.2. The van der Waals surface area contributed by atoms with Crippen molar-refractivity contribution in [3.8, 4) is 11.5 Å². The Morgan fingerprint density at radius 1 is 1.14 bits per heavy atom. The van der Waals surface area contributed by atoms with E-state index in [2.05, 4.69) is 10.5 Å². The topological polar surface area (TPSA) is 81.9 Å². The molecule has 0 saturated heterocycles. The Kier molecular flexibility index (Phi) is 4.67. The smallest absolute Gasteiger partial charge is 0.275 e. The number of halogens is 2. The van der Waals surface area contributed by atoms with Crippen LogP contribution in [0.1, 0.15) is 15.9 Å². The molecular formula is C14H10Cl2N2O3. The van der Waals surface area contributed by atoms with Gasteiger partial charge in [-0.3, -0.25) is 4.79 Å². The second-order valence-electron chi connectivity index (χ2n) is 4.07. The van der Waals surface area contributed by atoms with E-state index in [1.807, 2.05) is 0 Å². The SMILES string of the molecule is O=C(N/N=C\c1ccc(Cl)cc1Cl)c1ccc(O)cc1O. The van der Waals surface area contributed by atoms with Crippen molar-refractivity contribution in [2.75, 3.05) is 0 Å². The van der Waals surface area contributed by atoms with Gasteiger partial charge in [0, 0.05) is 16.7 Å². The van der Waals surface area contributed by atoms with Crippen LogP contribution >= 0.6 is 23.2 Å². The number of benzene rings is 2. The van der Waals surface area contributed by atoms with E-state index in [1.165, 1.54) is 18.3 Å². The maximum Gasteiger partial charge on any atom is 0.275 e. The monoisotopic (exact) mass is 324 g/mol. The van der Waals surface area contributed by atoms with Gasteiger partial charge in [-0.15, -0.1) is 0 Å². The molecule has 5 nitrogen and oxygen atoms in total. The second kappa shape index (κ2) is 6.47. The van der Waals surface area contributed by atoms with Gasteiger partial charge < -0.3 is 10.2 Å². The average molecular weight is 325 g/mol. The Hall–Kier alpha value is -2.24. The van der Waals surface area contributed by atoms with Gasteiger partial charge in [0.1, 0.15) is 11.5 Å². The number of amides is 1. The number of rotatable bonds is 3. The number of phenolic OH excluding ortho intramolecular Hbond substituents is 2. The highest BCUT2D eigenvalue weighted by molar-refractivity contribution is 6.36. The normalized spacial score (nSPS) is 10.8. The van der Waals surface area contributed by atoms with Gasteiger partial charge in [0.2, 0.25) is 0 Å². The van der Waals surface area contributed by atoms with Crippen molar-refractivity contribution in [3.05, 3.63) is 57.6 Å². The second-order valence-corrected chi connectivity index (χ2v) is 4.91. The predicted octanol–water partition coefficient (Wildman–Crippen LogP) is 3.17. The van der Waals surface area contributed by atoms with Crippen molar-refractivity contribution in [2.24, 2.45) is 5.10 Å². The number of hydrogen-bond acceptors (Lipinski definition) is 4. The van der Waals surface area contributed by atoms with E-state index in [0.29, 0.717) is 15.6 Å². The van der Waals surface area contributed by atoms with Gasteiger partial charge >= 0.3 is 0 Å². The van der Waals surface area contributed by atoms with Gasteiger partial charge in [-0.2, -0.15) is 5.10 Å². The van der Waals surface area contributed by atoms with E-state index < -0.39 is 5.91 Å². The largest absolute Gasteiger partial charge is 0.508 e. The first-order chi connectivity index (χ1) is 9.97. The van der Waals surface area contributed by atoms with E-state index in [9.17, 15) is 9.90 Å². The lowest BCUT2D eigenvalue weighted by Gasteiger charge is -2.03. The Morgan fingerprint density at radius 2 is 1.90 bits per heavy atom. The number of carbonyl (C=O) groups is 1. The summed E-state index contributed by atoms with van der Waals surface area (Å²) in [6.07, 6.45) is 1.36. The molecule has 108 valence electrons. The van der Waals surface area contributed by atoms with Gasteiger partial charge in [-0.25, -0.2) is 5.43 Å². The molecule has 2 aromatic carbocycles. The molecule has 0 fully saturated rings. The van der Waals surface area contributed by atoms with Crippen LogP contribution in [0.5, 0.6) is 11.5 Å². The maximum atomic E-state index is 11.8. The highest BCUT2D eigenvalue weighted by atomic mass is 35.5. The lowest BCUT2D eigenvalue weighted by Crippen LogP contribution is -2.17. The summed E-state index contributed by atoms with van der Waals surface area (Å²) in [7, 11) is 0. The van der Waals surface area contributed by atoms with E-state index in [1.54, 1.807) is 18.2 Å². The average Bonchev–Trinajstić information content (AvgIpc) is 2.41. The van der Waals surface area contributed by atoms with E-state index >= 15 is 0 Å². The van der Waals surface area contributed by atoms with Crippen molar-refractivity contribution in [1.29, 1.82) is 0 Å². The molecule has 0 saturated carbocycles. The highest BCUT2D eigenvalue weighted by Gasteiger charge is 2.10. The van der Waals surface area contributed by atoms with Crippen molar-refractivity contribution >= 4 is 35.3 Å². The standard InChI is InChI=1S/C14H10Cl2N2O3/c15-9-2-1-8(12(16)5-9)7-17-18-14(21)11-4-3-10(19)6-13(11)20/h1-7,19-20H,(H,18,21)/b17-7-. The Morgan fingerprint density at radius 3 is 2.57 bits per heavy atom. The number of hydrazone groups is 1. The zero-order chi connectivity index (χ0) is 15.4. The summed E-state index contributed by atoms with van der Waals surface area (Å²) in [6, 6.07) is 8.48. The summed E-state index contributed by atoms with van der Waals surface area (Å²) >= 11 is 11.7. The van der Waals surface area contributed by atoms with Crippen LogP contribution in [0.15, 0.2) is 41.5 Å². The molecule has 0 aromatic heterocycles. The van der Waals surface area contributed by atoms with Crippen molar-refractivity contribution in [1.82, 2.24) is 5.43 Å². The lowest BCUT2D eigenvalue weighted by molar-refractivity contribution is 0.0952. The number of nitrogens with one attached hydrogen (secondary N) is 1. The summed E-state index contributed by atoms with van der Waals surface area (Å²) in [4.78, 5) is 11.8. The molecule has 0 spiro atoms. The quantitative estimate of drug-likeness (QED) is 0.599. The first kappa shape index (κ1) is 15.2. The fraction of sp³-hybridized carbons (Fsp3) is 0. The van der Waals surface area contributed by atoms with Crippen LogP contribution in [0.2, 0.25) is 10.0 Å². The van der Waals surface area contributed by atoms with Crippen LogP contribution in [-0.4, -0.2) is 22.3 Å². The zero-order valence-corrected chi connectivity index (χ0v) is 12.1. The Bertz CT molecular complexity index is 717. The molecule has 21 heavy (non-hydrogen) atoms. The summed E-state index contributed by atoms with van der Waals surface area (Å²) in [6.45, 7) is 0. The molecule has 0 unspecified atom stereocenters. The molecule has 2 rings (SSSR count). The van der Waals surface area contributed by atoms with Crippen LogP contribution < -0.4 is 5.43 Å². The molecular weight excluding hydrogens is 315 g/mol. The van der Waals surface area contributed by atoms with Gasteiger partial charge in [0.25, 0.3) is 5.91 Å². The van der Waals surface area contributed by atoms with Gasteiger partial charge in [0.05, 0.1) is 16.8 Å². The summed E-state index contributed by atoms with van der Waals surface area (Å²) in [5, 5.41) is 23.3. The maximum absolute atomic E-state index is 11.8. The third-order valence-corrected chi connectivity index (χ3v) is 3.12. The zero-order valence-electron chi connectivity index (χ0n) is 10.5. The number of aromatic hydroxyl groups is 2. The van der Waals surface area contributed by atoms with E-state index in [4.69, 9.17) is 28.3 Å². The molecule has 0 aliphatic rings. The van der Waals surface area contributed by atoms with Crippen molar-refractivity contribution in [2.45, 2.75) is 0 Å². The Labute approximate surface area is 130 Å². The van der Waals surface area contributed by atoms with Crippen molar-refractivity contribution < 1.29 is 15.0 Å². The Balaban J connectivity index is 2.08. The molecule has 3 N–H and O–H groups in total. The van der Waals surface area contributed by atoms with Crippen molar-refractivity contribution in [3.63, 3.8) is 0 Å². The molecule has 0 aliphatic heterocycles. The summed E-state index contributed by atoms with van der Waals surface area (Å²) in [5.41, 5.74) is 2.82.